The first-order valence-corrected chi connectivity index (χ1v) is 9.21. The normalized spacial score (nSPS) is 11.8. The van der Waals surface area contributed by atoms with E-state index in [1.807, 2.05) is 62.2 Å². The zero-order valence-corrected chi connectivity index (χ0v) is 17.5. The molecule has 0 aromatic heterocycles. The van der Waals surface area contributed by atoms with Gasteiger partial charge in [0.25, 0.3) is 0 Å². The van der Waals surface area contributed by atoms with E-state index in [4.69, 9.17) is 14.2 Å². The Morgan fingerprint density at radius 1 is 1.04 bits per heavy atom. The van der Waals surface area contributed by atoms with Gasteiger partial charge in [-0.1, -0.05) is 12.1 Å². The summed E-state index contributed by atoms with van der Waals surface area (Å²) in [4.78, 5) is 14.5. The molecule has 1 atom stereocenters. The van der Waals surface area contributed by atoms with Gasteiger partial charge in [-0.05, 0) is 61.9 Å². The van der Waals surface area contributed by atoms with E-state index in [2.05, 4.69) is 5.32 Å². The fourth-order valence-corrected chi connectivity index (χ4v) is 3.17. The number of aryl methyl sites for hydroxylation is 1. The molecule has 1 unspecified atom stereocenters. The topological polar surface area (TPSA) is 60.0 Å². The van der Waals surface area contributed by atoms with Crippen molar-refractivity contribution in [2.75, 3.05) is 34.9 Å². The number of ether oxygens (including phenoxy) is 3. The highest BCUT2D eigenvalue weighted by Gasteiger charge is 2.16. The second-order valence-electron chi connectivity index (χ2n) is 6.87. The molecular formula is C22H30N2O4. The summed E-state index contributed by atoms with van der Waals surface area (Å²) in [6.45, 7) is 4.95. The smallest absolute Gasteiger partial charge is 0.234 e. The lowest BCUT2D eigenvalue weighted by molar-refractivity contribution is -0.122. The van der Waals surface area contributed by atoms with E-state index < -0.39 is 0 Å². The predicted molar refractivity (Wildman–Crippen MR) is 110 cm³/mol. The van der Waals surface area contributed by atoms with Crippen LogP contribution in [0.5, 0.6) is 17.2 Å². The number of carbonyl (C=O) groups is 1. The second-order valence-corrected chi connectivity index (χ2v) is 6.87. The number of likely N-dealkylation sites (N-methyl/N-ethyl adjacent to an activating group) is 1. The van der Waals surface area contributed by atoms with Crippen LogP contribution in [0.15, 0.2) is 36.4 Å². The number of nitrogens with zero attached hydrogens (tertiary/aromatic N) is 1. The summed E-state index contributed by atoms with van der Waals surface area (Å²) in [6, 6.07) is 11.6. The molecule has 0 aliphatic heterocycles. The zero-order chi connectivity index (χ0) is 20.7. The largest absolute Gasteiger partial charge is 0.497 e. The number of hydrogen-bond donors (Lipinski definition) is 1. The Hall–Kier alpha value is -2.73. The number of carbonyl (C=O) groups excluding carboxylic acids is 1. The van der Waals surface area contributed by atoms with Crippen molar-refractivity contribution in [1.82, 2.24) is 10.2 Å². The van der Waals surface area contributed by atoms with Crippen molar-refractivity contribution >= 4 is 5.91 Å². The average Bonchev–Trinajstić information content (AvgIpc) is 2.67. The summed E-state index contributed by atoms with van der Waals surface area (Å²) in [6.07, 6.45) is 0. The van der Waals surface area contributed by atoms with Crippen LogP contribution in [0.2, 0.25) is 0 Å². The third-order valence-electron chi connectivity index (χ3n) is 4.64. The zero-order valence-electron chi connectivity index (χ0n) is 17.5. The van der Waals surface area contributed by atoms with E-state index in [-0.39, 0.29) is 11.9 Å². The third-order valence-corrected chi connectivity index (χ3v) is 4.64. The van der Waals surface area contributed by atoms with Gasteiger partial charge < -0.3 is 19.5 Å². The van der Waals surface area contributed by atoms with Crippen LogP contribution < -0.4 is 19.5 Å². The molecule has 0 aliphatic carbocycles. The number of benzene rings is 2. The van der Waals surface area contributed by atoms with E-state index in [0.717, 1.165) is 22.4 Å². The SMILES string of the molecule is COc1ccc(CN(C)CC(=O)NC(C)c2cc(OC)c(OC)cc2C)cc1. The Bertz CT molecular complexity index is 790. The maximum Gasteiger partial charge on any atom is 0.234 e. The van der Waals surface area contributed by atoms with Gasteiger partial charge in [0.15, 0.2) is 11.5 Å². The van der Waals surface area contributed by atoms with Crippen molar-refractivity contribution in [3.8, 4) is 17.2 Å². The Morgan fingerprint density at radius 3 is 2.21 bits per heavy atom. The van der Waals surface area contributed by atoms with Gasteiger partial charge in [0.1, 0.15) is 5.75 Å². The molecule has 0 saturated carbocycles. The standard InChI is InChI=1S/C22H30N2O4/c1-15-11-20(27-5)21(28-6)12-19(15)16(2)23-22(25)14-24(3)13-17-7-9-18(26-4)10-8-17/h7-12,16H,13-14H2,1-6H3,(H,23,25). The molecule has 6 nitrogen and oxygen atoms in total. The first-order chi connectivity index (χ1) is 13.4. The molecule has 28 heavy (non-hydrogen) atoms. The van der Waals surface area contributed by atoms with Crippen LogP contribution in [-0.4, -0.2) is 45.7 Å². The molecule has 0 fully saturated rings. The maximum absolute atomic E-state index is 12.5. The summed E-state index contributed by atoms with van der Waals surface area (Å²) in [5.74, 6) is 2.13. The van der Waals surface area contributed by atoms with Crippen LogP contribution >= 0.6 is 0 Å². The highest BCUT2D eigenvalue weighted by Crippen LogP contribution is 2.32. The predicted octanol–water partition coefficient (Wildman–Crippen LogP) is 3.33. The van der Waals surface area contributed by atoms with E-state index in [9.17, 15) is 4.79 Å². The van der Waals surface area contributed by atoms with Crippen LogP contribution in [-0.2, 0) is 11.3 Å². The minimum Gasteiger partial charge on any atom is -0.497 e. The van der Waals surface area contributed by atoms with Crippen LogP contribution in [0.4, 0.5) is 0 Å². The highest BCUT2D eigenvalue weighted by molar-refractivity contribution is 5.78. The fraction of sp³-hybridized carbons (Fsp3) is 0.409. The molecular weight excluding hydrogens is 356 g/mol. The molecule has 6 heteroatoms. The molecule has 2 aromatic rings. The highest BCUT2D eigenvalue weighted by atomic mass is 16.5. The Balaban J connectivity index is 1.96. The second kappa shape index (κ2) is 9.99. The number of amides is 1. The Morgan fingerprint density at radius 2 is 1.64 bits per heavy atom. The molecule has 0 aliphatic rings. The average molecular weight is 386 g/mol. The number of methoxy groups -OCH3 is 3. The van der Waals surface area contributed by atoms with E-state index >= 15 is 0 Å². The lowest BCUT2D eigenvalue weighted by Gasteiger charge is -2.21. The summed E-state index contributed by atoms with van der Waals surface area (Å²) in [7, 11) is 6.79. The van der Waals surface area contributed by atoms with Crippen molar-refractivity contribution < 1.29 is 19.0 Å². The quantitative estimate of drug-likeness (QED) is 0.716. The molecule has 1 N–H and O–H groups in total. The lowest BCUT2D eigenvalue weighted by Crippen LogP contribution is -2.36. The minimum atomic E-state index is -0.137. The van der Waals surface area contributed by atoms with Gasteiger partial charge in [-0.15, -0.1) is 0 Å². The van der Waals surface area contributed by atoms with Crippen LogP contribution in [0.3, 0.4) is 0 Å². The first kappa shape index (κ1) is 21.6. The van der Waals surface area contributed by atoms with Gasteiger partial charge >= 0.3 is 0 Å². The molecule has 152 valence electrons. The molecule has 0 spiro atoms. The molecule has 0 radical (unpaired) electrons. The Kier molecular flexibility index (Phi) is 7.70. The van der Waals surface area contributed by atoms with Crippen LogP contribution in [0.25, 0.3) is 0 Å². The van der Waals surface area contributed by atoms with Crippen molar-refractivity contribution in [3.63, 3.8) is 0 Å². The summed E-state index contributed by atoms with van der Waals surface area (Å²) >= 11 is 0. The van der Waals surface area contributed by atoms with Crippen LogP contribution in [0, 0.1) is 6.92 Å². The molecule has 1 amide bonds. The summed E-state index contributed by atoms with van der Waals surface area (Å²) < 4.78 is 15.9. The lowest BCUT2D eigenvalue weighted by atomic mass is 10.0. The number of rotatable bonds is 9. The van der Waals surface area contributed by atoms with Gasteiger partial charge in [-0.2, -0.15) is 0 Å². The maximum atomic E-state index is 12.5. The molecule has 0 bridgehead atoms. The summed E-state index contributed by atoms with van der Waals surface area (Å²) in [5.41, 5.74) is 3.17. The molecule has 0 heterocycles. The number of hydrogen-bond acceptors (Lipinski definition) is 5. The molecule has 2 rings (SSSR count). The third kappa shape index (κ3) is 5.63. The Labute approximate surface area is 167 Å². The van der Waals surface area contributed by atoms with Crippen molar-refractivity contribution in [2.24, 2.45) is 0 Å². The van der Waals surface area contributed by atoms with Gasteiger partial charge in [-0.3, -0.25) is 9.69 Å². The number of nitrogens with one attached hydrogen (secondary N) is 1. The van der Waals surface area contributed by atoms with E-state index in [1.165, 1.54) is 0 Å². The summed E-state index contributed by atoms with van der Waals surface area (Å²) in [5, 5.41) is 3.06. The first-order valence-electron chi connectivity index (χ1n) is 9.21. The van der Waals surface area contributed by atoms with Gasteiger partial charge in [0.2, 0.25) is 5.91 Å². The molecule has 2 aromatic carbocycles. The van der Waals surface area contributed by atoms with Crippen molar-refractivity contribution in [1.29, 1.82) is 0 Å². The van der Waals surface area contributed by atoms with Crippen molar-refractivity contribution in [2.45, 2.75) is 26.4 Å². The monoisotopic (exact) mass is 386 g/mol. The minimum absolute atomic E-state index is 0.0299. The van der Waals surface area contributed by atoms with Gasteiger partial charge in [0, 0.05) is 6.54 Å². The van der Waals surface area contributed by atoms with Crippen molar-refractivity contribution in [3.05, 3.63) is 53.1 Å². The van der Waals surface area contributed by atoms with Crippen LogP contribution in [0.1, 0.15) is 29.7 Å². The van der Waals surface area contributed by atoms with Gasteiger partial charge in [-0.25, -0.2) is 0 Å². The fourth-order valence-electron chi connectivity index (χ4n) is 3.17. The van der Waals surface area contributed by atoms with E-state index in [1.54, 1.807) is 21.3 Å². The molecule has 0 saturated heterocycles. The van der Waals surface area contributed by atoms with Gasteiger partial charge in [0.05, 0.1) is 33.9 Å². The van der Waals surface area contributed by atoms with E-state index in [0.29, 0.717) is 24.6 Å².